The topological polar surface area (TPSA) is 479 Å². The second kappa shape index (κ2) is 96.0. The molecular weight excluding hydrogens is 1670 g/mol. The Bertz CT molecular complexity index is 2260. The maximum atomic E-state index is 11.0. The predicted molar refractivity (Wildman–Crippen MR) is 547 cm³/mol. The van der Waals surface area contributed by atoms with Gasteiger partial charge in [-0.2, -0.15) is 0 Å². The molecule has 0 heterocycles. The molecule has 0 aromatic heterocycles. The highest BCUT2D eigenvalue weighted by Gasteiger charge is 2.21. The van der Waals surface area contributed by atoms with Crippen LogP contribution in [0.15, 0.2) is 0 Å². The summed E-state index contributed by atoms with van der Waals surface area (Å²) in [4.78, 5) is 25.3. The fourth-order valence-corrected chi connectivity index (χ4v) is 14.6. The van der Waals surface area contributed by atoms with Gasteiger partial charge in [0.2, 0.25) is 0 Å². The third kappa shape index (κ3) is 85.0. The van der Waals surface area contributed by atoms with Crippen LogP contribution in [0.25, 0.3) is 0 Å². The monoisotopic (exact) mass is 1890 g/mol. The molecule has 0 saturated heterocycles. The van der Waals surface area contributed by atoms with Crippen molar-refractivity contribution in [2.24, 2.45) is 11.5 Å². The molecule has 0 aliphatic rings. The molecule has 0 saturated carbocycles. The molecule has 30 N–H and O–H groups in total. The summed E-state index contributed by atoms with van der Waals surface area (Å²) in [6.45, 7) is 69.6. The lowest BCUT2D eigenvalue weighted by Crippen LogP contribution is -2.48. The van der Waals surface area contributed by atoms with Crippen LogP contribution in [-0.2, 0) is 0 Å². The Kier molecular flexibility index (Phi) is 94.9. The van der Waals surface area contributed by atoms with E-state index in [-0.39, 0.29) is 30.5 Å². The van der Waals surface area contributed by atoms with Gasteiger partial charge in [-0.3, -0.25) is 49.0 Å². The van der Waals surface area contributed by atoms with Crippen molar-refractivity contribution in [1.82, 2.24) is 134 Å². The molecule has 0 aliphatic heterocycles. The molecule has 0 aromatic rings. The van der Waals surface area contributed by atoms with E-state index in [9.17, 15) is 51.1 Å². The van der Waals surface area contributed by atoms with Crippen molar-refractivity contribution in [1.29, 1.82) is 0 Å². The molecule has 0 fully saturated rings. The van der Waals surface area contributed by atoms with E-state index in [0.717, 1.165) is 359 Å². The summed E-state index contributed by atoms with van der Waals surface area (Å²) in [5.41, 5.74) is 12.2. The number of hydrogen-bond acceptors (Lipinski definition) is 38. The molecule has 788 valence electrons. The van der Waals surface area contributed by atoms with Crippen LogP contribution in [0.4, 0.5) is 0 Å². The van der Waals surface area contributed by atoms with Crippen LogP contribution in [-0.4, -0.2) is 580 Å². The number of aliphatic hydroxyl groups excluding tert-OH is 10. The summed E-state index contributed by atoms with van der Waals surface area (Å²) in [5, 5.41) is 161. The van der Waals surface area contributed by atoms with E-state index in [1.54, 1.807) is 6.92 Å². The zero-order chi connectivity index (χ0) is 96.5. The molecule has 38 heteroatoms. The first-order chi connectivity index (χ1) is 63.6. The largest absolute Gasteiger partial charge is 0.392 e. The molecule has 0 radical (unpaired) electrons. The van der Waals surface area contributed by atoms with Crippen LogP contribution < -0.4 is 96.5 Å². The lowest BCUT2D eigenvalue weighted by atomic mass is 10.2. The SMILES string of the molecule is CCC(O)CNCCNCCNCCN(CCN(CCNCCNCCN(CCNCC(O)CC)CCNCC(O)CC)CCNCCN(CCN(CCNCCN)CCN(CCNCCNCC(O)CC)CCNCC(O)CC)CCN(CCNCCN(CCN)CC(O)CC)CCN(CCNCC(O)CC)CCNCC(O)CC)CCN(CCNCC(C)O)CC(O)CC. The highest BCUT2D eigenvalue weighted by atomic mass is 16.3. The van der Waals surface area contributed by atoms with E-state index in [1.807, 2.05) is 62.3 Å². The Balaban J connectivity index is 7.71. The van der Waals surface area contributed by atoms with Crippen LogP contribution in [0, 0.1) is 0 Å². The number of nitrogens with zero attached hydrogens (tertiary/aromatic N) is 10. The van der Waals surface area contributed by atoms with Crippen molar-refractivity contribution < 1.29 is 51.1 Å². The van der Waals surface area contributed by atoms with Crippen LogP contribution >= 0.6 is 0 Å². The van der Waals surface area contributed by atoms with Gasteiger partial charge in [0.05, 0.1) is 61.0 Å². The summed E-state index contributed by atoms with van der Waals surface area (Å²) >= 11 is 0. The first-order valence-electron chi connectivity index (χ1n) is 52.4. The van der Waals surface area contributed by atoms with Crippen molar-refractivity contribution >= 4 is 0 Å². The Labute approximate surface area is 799 Å². The third-order valence-electron chi connectivity index (χ3n) is 24.4. The number of nitrogens with two attached hydrogens (primary N) is 2. The van der Waals surface area contributed by atoms with Gasteiger partial charge in [-0.15, -0.1) is 0 Å². The Morgan fingerprint density at radius 2 is 0.305 bits per heavy atom. The Morgan fingerprint density at radius 3 is 0.511 bits per heavy atom. The molecule has 0 rings (SSSR count). The van der Waals surface area contributed by atoms with Crippen molar-refractivity contribution in [3.8, 4) is 0 Å². The molecule has 0 bridgehead atoms. The van der Waals surface area contributed by atoms with Gasteiger partial charge in [-0.05, 0) is 64.7 Å². The normalized spacial score (nSPS) is 14.8. The van der Waals surface area contributed by atoms with E-state index in [4.69, 9.17) is 11.5 Å². The minimum absolute atomic E-state index is 0.328. The highest BCUT2D eigenvalue weighted by molar-refractivity contribution is 4.79. The van der Waals surface area contributed by atoms with Gasteiger partial charge in [0.25, 0.3) is 0 Å². The average Bonchev–Trinajstić information content (AvgIpc) is 0.933. The highest BCUT2D eigenvalue weighted by Crippen LogP contribution is 2.05. The van der Waals surface area contributed by atoms with Gasteiger partial charge in [0, 0.05) is 419 Å². The fourth-order valence-electron chi connectivity index (χ4n) is 14.6. The predicted octanol–water partition coefficient (Wildman–Crippen LogP) is -7.32. The number of aliphatic hydroxyl groups is 10. The molecule has 131 heavy (non-hydrogen) atoms. The summed E-state index contributed by atoms with van der Waals surface area (Å²) in [5.74, 6) is 0. The minimum atomic E-state index is -0.443. The first kappa shape index (κ1) is 129. The first-order valence-corrected chi connectivity index (χ1v) is 52.4. The number of nitrogens with one attached hydrogen (secondary N) is 16. The molecule has 0 spiro atoms. The zero-order valence-electron chi connectivity index (χ0n) is 85.5. The van der Waals surface area contributed by atoms with Crippen LogP contribution in [0.3, 0.4) is 0 Å². The van der Waals surface area contributed by atoms with Gasteiger partial charge < -0.3 is 148 Å². The maximum absolute atomic E-state index is 11.0. The van der Waals surface area contributed by atoms with E-state index < -0.39 is 30.5 Å². The van der Waals surface area contributed by atoms with Gasteiger partial charge in [0.15, 0.2) is 0 Å². The van der Waals surface area contributed by atoms with Crippen molar-refractivity contribution in [3.63, 3.8) is 0 Å². The average molecular weight is 1890 g/mol. The summed E-state index contributed by atoms with van der Waals surface area (Å²) in [6.07, 6.45) is 2.56. The summed E-state index contributed by atoms with van der Waals surface area (Å²) in [6, 6.07) is 0. The van der Waals surface area contributed by atoms with Gasteiger partial charge in [-0.1, -0.05) is 62.3 Å². The second-order valence-electron chi connectivity index (χ2n) is 36.0. The van der Waals surface area contributed by atoms with Crippen LogP contribution in [0.5, 0.6) is 0 Å². The lowest BCUT2D eigenvalue weighted by molar-refractivity contribution is 0.0985. The van der Waals surface area contributed by atoms with E-state index in [1.165, 1.54) is 0 Å². The van der Waals surface area contributed by atoms with E-state index >= 15 is 0 Å². The maximum Gasteiger partial charge on any atom is 0.0664 e. The van der Waals surface area contributed by atoms with Crippen LogP contribution in [0.1, 0.15) is 127 Å². The molecule has 0 aromatic carbocycles. The van der Waals surface area contributed by atoms with Gasteiger partial charge in [-0.25, -0.2) is 0 Å². The quantitative estimate of drug-likeness (QED) is 0.0252. The zero-order valence-corrected chi connectivity index (χ0v) is 85.5. The number of hydrogen-bond donors (Lipinski definition) is 28. The van der Waals surface area contributed by atoms with Crippen molar-refractivity contribution in [2.75, 3.05) is 419 Å². The Hall–Kier alpha value is -1.52. The minimum Gasteiger partial charge on any atom is -0.392 e. The molecule has 0 amide bonds. The molecule has 0 aliphatic carbocycles. The molecule has 10 atom stereocenters. The number of rotatable bonds is 108. The Morgan fingerprint density at radius 1 is 0.160 bits per heavy atom. The molecular formula is C93H216N28O10. The lowest BCUT2D eigenvalue weighted by Gasteiger charge is -2.33. The van der Waals surface area contributed by atoms with Crippen LogP contribution in [0.2, 0.25) is 0 Å². The third-order valence-corrected chi connectivity index (χ3v) is 24.4. The fraction of sp³-hybridized carbons (Fsp3) is 1.00. The van der Waals surface area contributed by atoms with Gasteiger partial charge >= 0.3 is 0 Å². The molecule has 10 unspecified atom stereocenters. The molecule has 38 nitrogen and oxygen atoms in total. The van der Waals surface area contributed by atoms with Crippen molar-refractivity contribution in [2.45, 2.75) is 188 Å². The smallest absolute Gasteiger partial charge is 0.0664 e. The van der Waals surface area contributed by atoms with Crippen molar-refractivity contribution in [3.05, 3.63) is 0 Å². The van der Waals surface area contributed by atoms with E-state index in [0.29, 0.717) is 117 Å². The second-order valence-corrected chi connectivity index (χ2v) is 36.0. The van der Waals surface area contributed by atoms with Gasteiger partial charge in [0.1, 0.15) is 0 Å². The summed E-state index contributed by atoms with van der Waals surface area (Å²) < 4.78 is 0. The summed E-state index contributed by atoms with van der Waals surface area (Å²) in [7, 11) is 0. The van der Waals surface area contributed by atoms with E-state index in [2.05, 4.69) is 134 Å². The standard InChI is InChI=1S/C93H216N28O10/c1-11-85(123)75-104-29-27-97-23-24-98-35-52-119(72-73-121(83-93(131)19-9)61-45-106-74-84(10)122)67-62-113(48-33-100-26-25-99-32-47-112(55-40-107-77-87(125)13-3)56-41-108-78-88(126)14-4)50-36-102-37-53-118(70-68-116(51-31-96-22-20-94)65-63-114(57-42-109-79-89(127)15-5)49-34-101-28-30-105-76-86(124)12-2)71-69-117(54-38-103-39-60-120(46-21-95)82-92(130)18-8)66-64-115(58-43-110-80-90(128)16-6)59-44-111-81-91(129)17-7/h84-93,96-111,122-131H,11-83,94-95H2,1-10H3.